The van der Waals surface area contributed by atoms with Gasteiger partial charge in [-0.3, -0.25) is 15.0 Å². The molecule has 6 nitrogen and oxygen atoms in total. The van der Waals surface area contributed by atoms with Crippen LogP contribution in [0.5, 0.6) is 0 Å². The molecule has 178 valence electrons. The summed E-state index contributed by atoms with van der Waals surface area (Å²) in [4.78, 5) is 29.4. The monoisotopic (exact) mass is 468 g/mol. The summed E-state index contributed by atoms with van der Waals surface area (Å²) in [6, 6.07) is 7.92. The van der Waals surface area contributed by atoms with Gasteiger partial charge in [0.1, 0.15) is 6.04 Å². The van der Waals surface area contributed by atoms with Gasteiger partial charge in [0.05, 0.1) is 11.8 Å². The molecule has 0 spiro atoms. The van der Waals surface area contributed by atoms with E-state index in [0.717, 1.165) is 38.5 Å². The first-order chi connectivity index (χ1) is 16.0. The summed E-state index contributed by atoms with van der Waals surface area (Å²) in [6.07, 6.45) is 14.5. The highest BCUT2D eigenvalue weighted by Crippen LogP contribution is 2.30. The summed E-state index contributed by atoms with van der Waals surface area (Å²) < 4.78 is 0. The van der Waals surface area contributed by atoms with Crippen molar-refractivity contribution in [3.63, 3.8) is 0 Å². The fourth-order valence-corrected chi connectivity index (χ4v) is 5.17. The van der Waals surface area contributed by atoms with Crippen LogP contribution < -0.4 is 5.32 Å². The van der Waals surface area contributed by atoms with Crippen molar-refractivity contribution in [2.75, 3.05) is 19.3 Å². The number of nitrogens with zero attached hydrogens (tertiary/aromatic N) is 2. The van der Waals surface area contributed by atoms with E-state index < -0.39 is 6.04 Å². The highest BCUT2D eigenvalue weighted by Gasteiger charge is 2.35. The topological polar surface area (TPSA) is 76.5 Å². The molecule has 2 aliphatic rings. The Balaban J connectivity index is 1.50. The van der Waals surface area contributed by atoms with E-state index in [4.69, 9.17) is 5.41 Å². The van der Waals surface area contributed by atoms with Gasteiger partial charge in [0.15, 0.2) is 5.17 Å². The number of aryl methyl sites for hydroxylation is 1. The smallest absolute Gasteiger partial charge is 0.243 e. The highest BCUT2D eigenvalue weighted by molar-refractivity contribution is 8.14. The van der Waals surface area contributed by atoms with E-state index in [0.29, 0.717) is 18.1 Å². The first-order valence-corrected chi connectivity index (χ1v) is 12.9. The standard InChI is InChI=1S/C26H36N4O2S/c1-3-4-5-6-9-17-29(2)26(27)33-19-24(31)30-18-11-16-23(30)25(32)28-22-15-10-13-20-12-7-8-14-21(20)22/h3-4,7-9,12,14,17,22-23,27H,5-6,10-11,13,15-16,18-19H2,1-2H3,(H,28,32)/b4-3-,17-9+,27-26?/t22?,23-/m0/s1. The molecule has 1 saturated heterocycles. The molecular weight excluding hydrogens is 432 g/mol. The summed E-state index contributed by atoms with van der Waals surface area (Å²) in [5.74, 6) is 0.0479. The minimum atomic E-state index is -0.411. The van der Waals surface area contributed by atoms with E-state index in [2.05, 4.69) is 23.5 Å². The second-order valence-corrected chi connectivity index (χ2v) is 9.60. The van der Waals surface area contributed by atoms with E-state index in [1.165, 1.54) is 22.9 Å². The Kier molecular flexibility index (Phi) is 9.61. The maximum absolute atomic E-state index is 13.1. The van der Waals surface area contributed by atoms with Gasteiger partial charge in [-0.25, -0.2) is 0 Å². The van der Waals surface area contributed by atoms with Gasteiger partial charge >= 0.3 is 0 Å². The molecule has 33 heavy (non-hydrogen) atoms. The van der Waals surface area contributed by atoms with Gasteiger partial charge in [-0.15, -0.1) is 0 Å². The van der Waals surface area contributed by atoms with Gasteiger partial charge in [-0.05, 0) is 63.0 Å². The largest absolute Gasteiger partial charge is 0.347 e. The zero-order chi connectivity index (χ0) is 23.6. The molecule has 1 aliphatic heterocycles. The third-order valence-electron chi connectivity index (χ3n) is 6.28. The van der Waals surface area contributed by atoms with Gasteiger partial charge in [-0.1, -0.05) is 54.3 Å². The summed E-state index contributed by atoms with van der Waals surface area (Å²) >= 11 is 1.21. The molecule has 7 heteroatoms. The molecular formula is C26H36N4O2S. The Morgan fingerprint density at radius 1 is 1.21 bits per heavy atom. The van der Waals surface area contributed by atoms with Crippen LogP contribution >= 0.6 is 11.8 Å². The minimum Gasteiger partial charge on any atom is -0.347 e. The number of hydrogen-bond acceptors (Lipinski definition) is 4. The molecule has 2 N–H and O–H groups in total. The molecule has 1 fully saturated rings. The maximum atomic E-state index is 13.1. The normalized spacial score (nSPS) is 20.2. The first-order valence-electron chi connectivity index (χ1n) is 11.9. The van der Waals surface area contributed by atoms with Gasteiger partial charge in [-0.2, -0.15) is 0 Å². The lowest BCUT2D eigenvalue weighted by Crippen LogP contribution is -2.47. The Bertz CT molecular complexity index is 898. The van der Waals surface area contributed by atoms with Gasteiger partial charge in [0.25, 0.3) is 0 Å². The van der Waals surface area contributed by atoms with E-state index >= 15 is 0 Å². The molecule has 1 heterocycles. The Morgan fingerprint density at radius 3 is 2.82 bits per heavy atom. The van der Waals surface area contributed by atoms with E-state index in [9.17, 15) is 9.59 Å². The number of unbranched alkanes of at least 4 members (excludes halogenated alkanes) is 1. The number of amidine groups is 1. The van der Waals surface area contributed by atoms with Crippen LogP contribution in [-0.4, -0.2) is 52.2 Å². The fraction of sp³-hybridized carbons (Fsp3) is 0.500. The SMILES string of the molecule is C/C=C\CC/C=C/N(C)C(=N)SCC(=O)N1CCC[C@H]1C(=O)NC1CCCc2ccccc21. The first kappa shape index (κ1) is 25.1. The number of carbonyl (C=O) groups excluding carboxylic acids is 2. The second-order valence-electron chi connectivity index (χ2n) is 8.63. The van der Waals surface area contributed by atoms with Crippen LogP contribution in [0.4, 0.5) is 0 Å². The zero-order valence-electron chi connectivity index (χ0n) is 19.8. The number of hydrogen-bond donors (Lipinski definition) is 2. The molecule has 1 aromatic rings. The Morgan fingerprint density at radius 2 is 2.00 bits per heavy atom. The van der Waals surface area contributed by atoms with Crippen LogP contribution in [0.25, 0.3) is 0 Å². The average Bonchev–Trinajstić information content (AvgIpc) is 3.32. The van der Waals surface area contributed by atoms with Crippen molar-refractivity contribution in [1.29, 1.82) is 5.41 Å². The lowest BCUT2D eigenvalue weighted by molar-refractivity contribution is -0.136. The lowest BCUT2D eigenvalue weighted by Gasteiger charge is -2.30. The van der Waals surface area contributed by atoms with Gasteiger partial charge in [0.2, 0.25) is 11.8 Å². The fourth-order valence-electron chi connectivity index (χ4n) is 4.48. The molecule has 3 rings (SSSR count). The molecule has 0 bridgehead atoms. The third-order valence-corrected chi connectivity index (χ3v) is 7.23. The number of fused-ring (bicyclic) bond motifs is 1. The molecule has 2 atom stereocenters. The van der Waals surface area contributed by atoms with Crippen LogP contribution in [0, 0.1) is 5.41 Å². The van der Waals surface area contributed by atoms with Crippen molar-refractivity contribution in [2.24, 2.45) is 0 Å². The van der Waals surface area contributed by atoms with Crippen molar-refractivity contribution in [3.05, 3.63) is 59.8 Å². The van der Waals surface area contributed by atoms with Crippen LogP contribution in [0.1, 0.15) is 62.6 Å². The van der Waals surface area contributed by atoms with Crippen LogP contribution in [0.3, 0.4) is 0 Å². The van der Waals surface area contributed by atoms with Gasteiger partial charge in [0, 0.05) is 19.8 Å². The predicted molar refractivity (Wildman–Crippen MR) is 136 cm³/mol. The molecule has 0 saturated carbocycles. The summed E-state index contributed by atoms with van der Waals surface area (Å²) in [5.41, 5.74) is 2.52. The number of carbonyl (C=O) groups is 2. The van der Waals surface area contributed by atoms with Gasteiger partial charge < -0.3 is 15.1 Å². The molecule has 0 aromatic heterocycles. The number of likely N-dealkylation sites (tertiary alicyclic amines) is 1. The maximum Gasteiger partial charge on any atom is 0.243 e. The minimum absolute atomic E-state index is 0.0239. The van der Waals surface area contributed by atoms with Crippen LogP contribution in [-0.2, 0) is 16.0 Å². The number of nitrogens with one attached hydrogen (secondary N) is 2. The summed E-state index contributed by atoms with van der Waals surface area (Å²) in [7, 11) is 1.82. The third kappa shape index (κ3) is 6.97. The number of benzene rings is 1. The number of amides is 2. The van der Waals surface area contributed by atoms with E-state index in [1.807, 2.05) is 44.5 Å². The van der Waals surface area contributed by atoms with Crippen molar-refractivity contribution in [3.8, 4) is 0 Å². The van der Waals surface area contributed by atoms with E-state index in [-0.39, 0.29) is 23.6 Å². The molecule has 0 radical (unpaired) electrons. The quantitative estimate of drug-likeness (QED) is 0.252. The van der Waals surface area contributed by atoms with Crippen molar-refractivity contribution < 1.29 is 9.59 Å². The van der Waals surface area contributed by atoms with Crippen LogP contribution in [0.15, 0.2) is 48.7 Å². The average molecular weight is 469 g/mol. The van der Waals surface area contributed by atoms with Crippen LogP contribution in [0.2, 0.25) is 0 Å². The van der Waals surface area contributed by atoms with Crippen molar-refractivity contribution >= 4 is 28.7 Å². The predicted octanol–water partition coefficient (Wildman–Crippen LogP) is 4.64. The number of rotatable bonds is 8. The summed E-state index contributed by atoms with van der Waals surface area (Å²) in [5, 5.41) is 11.8. The van der Waals surface area contributed by atoms with E-state index in [1.54, 1.807) is 9.80 Å². The molecule has 1 aromatic carbocycles. The Labute approximate surface area is 202 Å². The lowest BCUT2D eigenvalue weighted by atomic mass is 9.87. The molecule has 1 unspecified atom stereocenters. The highest BCUT2D eigenvalue weighted by atomic mass is 32.2. The Hall–Kier alpha value is -2.54. The van der Waals surface area contributed by atoms with Crippen molar-refractivity contribution in [1.82, 2.24) is 15.1 Å². The molecule has 1 aliphatic carbocycles. The summed E-state index contributed by atoms with van der Waals surface area (Å²) in [6.45, 7) is 2.61. The number of allylic oxidation sites excluding steroid dienone is 3. The zero-order valence-corrected chi connectivity index (χ0v) is 20.6. The second kappa shape index (κ2) is 12.6. The number of thioether (sulfide) groups is 1. The molecule has 2 amide bonds. The van der Waals surface area contributed by atoms with Crippen molar-refractivity contribution in [2.45, 2.75) is 64.0 Å².